The Morgan fingerprint density at radius 1 is 1.09 bits per heavy atom. The number of alkyl halides is 3. The molecule has 0 spiro atoms. The summed E-state index contributed by atoms with van der Waals surface area (Å²) < 4.78 is 46.7. The van der Waals surface area contributed by atoms with Gasteiger partial charge in [-0.05, 0) is 31.2 Å². The van der Waals surface area contributed by atoms with Crippen molar-refractivity contribution in [1.29, 1.82) is 0 Å². The van der Waals surface area contributed by atoms with Gasteiger partial charge in [0.05, 0.1) is 23.8 Å². The van der Waals surface area contributed by atoms with Gasteiger partial charge < -0.3 is 20.1 Å². The molecule has 12 heteroatoms. The molecule has 0 aliphatic rings. The van der Waals surface area contributed by atoms with Crippen LogP contribution in [0.5, 0.6) is 11.5 Å². The minimum atomic E-state index is -4.83. The van der Waals surface area contributed by atoms with Crippen LogP contribution in [0, 0.1) is 10.1 Å². The fraction of sp³-hybridized carbons (Fsp3) is 0.200. The molecule has 0 bridgehead atoms. The summed E-state index contributed by atoms with van der Waals surface area (Å²) in [6, 6.07) is 11.0. The zero-order valence-corrected chi connectivity index (χ0v) is 16.9. The van der Waals surface area contributed by atoms with Crippen LogP contribution in [0.1, 0.15) is 6.92 Å². The van der Waals surface area contributed by atoms with E-state index >= 15 is 0 Å². The monoisotopic (exact) mass is 449 g/mol. The topological polar surface area (TPSA) is 111 Å². The molecule has 0 saturated carbocycles. The normalized spacial score (nSPS) is 11.0. The van der Waals surface area contributed by atoms with E-state index in [1.807, 2.05) is 6.92 Å². The van der Waals surface area contributed by atoms with E-state index in [1.165, 1.54) is 43.5 Å². The SMILES string of the molecule is CCNc1nc(Nc2ccc(OC)cc2[N+](=O)[O-])cc(-c2cccc(OC(F)(F)F)c2)n1. The average molecular weight is 449 g/mol. The number of nitrogens with zero attached hydrogens (tertiary/aromatic N) is 3. The van der Waals surface area contributed by atoms with Gasteiger partial charge in [0.2, 0.25) is 5.95 Å². The predicted molar refractivity (Wildman–Crippen MR) is 111 cm³/mol. The molecular weight excluding hydrogens is 431 g/mol. The molecule has 1 heterocycles. The molecule has 3 rings (SSSR count). The lowest BCUT2D eigenvalue weighted by atomic mass is 10.1. The number of nitro benzene ring substituents is 1. The van der Waals surface area contributed by atoms with Gasteiger partial charge in [-0.1, -0.05) is 12.1 Å². The van der Waals surface area contributed by atoms with E-state index in [1.54, 1.807) is 12.1 Å². The Kier molecular flexibility index (Phi) is 6.61. The summed E-state index contributed by atoms with van der Waals surface area (Å²) in [4.78, 5) is 19.5. The van der Waals surface area contributed by atoms with Gasteiger partial charge in [0.15, 0.2) is 0 Å². The molecule has 3 aromatic rings. The largest absolute Gasteiger partial charge is 0.573 e. The molecule has 0 amide bonds. The molecule has 0 unspecified atom stereocenters. The van der Waals surface area contributed by atoms with Gasteiger partial charge in [-0.3, -0.25) is 10.1 Å². The number of nitrogens with one attached hydrogen (secondary N) is 2. The van der Waals surface area contributed by atoms with E-state index in [9.17, 15) is 23.3 Å². The quantitative estimate of drug-likeness (QED) is 0.359. The van der Waals surface area contributed by atoms with Crippen LogP contribution in [-0.2, 0) is 0 Å². The van der Waals surface area contributed by atoms with Crippen LogP contribution >= 0.6 is 0 Å². The number of ether oxygens (including phenoxy) is 2. The molecule has 0 aliphatic heterocycles. The maximum atomic E-state index is 12.6. The van der Waals surface area contributed by atoms with E-state index in [4.69, 9.17) is 4.74 Å². The molecule has 0 fully saturated rings. The molecule has 2 aromatic carbocycles. The van der Waals surface area contributed by atoms with Gasteiger partial charge in [-0.2, -0.15) is 4.98 Å². The minimum Gasteiger partial charge on any atom is -0.496 e. The molecule has 32 heavy (non-hydrogen) atoms. The Labute approximate surface area is 180 Å². The van der Waals surface area contributed by atoms with Crippen molar-refractivity contribution in [2.24, 2.45) is 0 Å². The molecule has 0 atom stereocenters. The van der Waals surface area contributed by atoms with E-state index in [2.05, 4.69) is 25.3 Å². The summed E-state index contributed by atoms with van der Waals surface area (Å²) in [6.45, 7) is 2.29. The van der Waals surface area contributed by atoms with Crippen LogP contribution in [0.3, 0.4) is 0 Å². The third-order valence-corrected chi connectivity index (χ3v) is 4.09. The highest BCUT2D eigenvalue weighted by atomic mass is 19.4. The highest BCUT2D eigenvalue weighted by Gasteiger charge is 2.31. The Morgan fingerprint density at radius 2 is 1.88 bits per heavy atom. The summed E-state index contributed by atoms with van der Waals surface area (Å²) in [6.07, 6.45) is -4.83. The third kappa shape index (κ3) is 5.74. The van der Waals surface area contributed by atoms with Crippen LogP contribution in [0.4, 0.5) is 36.3 Å². The maximum absolute atomic E-state index is 12.6. The van der Waals surface area contributed by atoms with Crippen molar-refractivity contribution in [2.45, 2.75) is 13.3 Å². The highest BCUT2D eigenvalue weighted by molar-refractivity contribution is 5.73. The number of nitro groups is 1. The summed E-state index contributed by atoms with van der Waals surface area (Å²) in [5, 5.41) is 17.2. The van der Waals surface area contributed by atoms with Crippen molar-refractivity contribution in [3.63, 3.8) is 0 Å². The number of hydrogen-bond acceptors (Lipinski definition) is 8. The molecule has 2 N–H and O–H groups in total. The zero-order chi connectivity index (χ0) is 23.3. The maximum Gasteiger partial charge on any atom is 0.573 e. The molecule has 1 aromatic heterocycles. The van der Waals surface area contributed by atoms with E-state index < -0.39 is 17.0 Å². The summed E-state index contributed by atoms with van der Waals surface area (Å²) >= 11 is 0. The summed E-state index contributed by atoms with van der Waals surface area (Å²) in [5.74, 6) is 0.284. The van der Waals surface area contributed by atoms with Gasteiger partial charge in [0, 0.05) is 18.2 Å². The standard InChI is InChI=1S/C20H18F3N5O4/c1-3-24-19-26-16(12-5-4-6-14(9-12)32-20(21,22)23)11-18(27-19)25-15-8-7-13(31-2)10-17(15)28(29)30/h4-11H,3H2,1-2H3,(H2,24,25,26,27). The fourth-order valence-electron chi connectivity index (χ4n) is 2.78. The molecule has 168 valence electrons. The molecule has 9 nitrogen and oxygen atoms in total. The first kappa shape index (κ1) is 22.6. The van der Waals surface area contributed by atoms with Crippen molar-refractivity contribution in [3.8, 4) is 22.8 Å². The van der Waals surface area contributed by atoms with Gasteiger partial charge in [-0.25, -0.2) is 4.98 Å². The second-order valence-electron chi connectivity index (χ2n) is 6.33. The number of aromatic nitrogens is 2. The Hall–Kier alpha value is -4.09. The first-order valence-corrected chi connectivity index (χ1v) is 9.27. The zero-order valence-electron chi connectivity index (χ0n) is 16.9. The van der Waals surface area contributed by atoms with Crippen LogP contribution in [0.25, 0.3) is 11.3 Å². The first-order valence-electron chi connectivity index (χ1n) is 9.27. The van der Waals surface area contributed by atoms with Crippen LogP contribution in [0.2, 0.25) is 0 Å². The third-order valence-electron chi connectivity index (χ3n) is 4.09. The average Bonchev–Trinajstić information content (AvgIpc) is 2.73. The van der Waals surface area contributed by atoms with Crippen molar-refractivity contribution in [3.05, 3.63) is 58.6 Å². The lowest BCUT2D eigenvalue weighted by molar-refractivity contribution is -0.384. The Balaban J connectivity index is 2.01. The fourth-order valence-corrected chi connectivity index (χ4v) is 2.78. The number of benzene rings is 2. The summed E-state index contributed by atoms with van der Waals surface area (Å²) in [5.41, 5.74) is 0.523. The van der Waals surface area contributed by atoms with Gasteiger partial charge in [-0.15, -0.1) is 13.2 Å². The number of methoxy groups -OCH3 is 1. The molecule has 0 aliphatic carbocycles. The lowest BCUT2D eigenvalue weighted by Gasteiger charge is -2.13. The van der Waals surface area contributed by atoms with E-state index in [0.29, 0.717) is 17.9 Å². The number of hydrogen-bond donors (Lipinski definition) is 2. The lowest BCUT2D eigenvalue weighted by Crippen LogP contribution is -2.17. The van der Waals surface area contributed by atoms with Crippen molar-refractivity contribution in [1.82, 2.24) is 9.97 Å². The van der Waals surface area contributed by atoms with Crippen molar-refractivity contribution < 1.29 is 27.6 Å². The second-order valence-corrected chi connectivity index (χ2v) is 6.33. The number of anilines is 3. The second kappa shape index (κ2) is 9.37. The minimum absolute atomic E-state index is 0.150. The van der Waals surface area contributed by atoms with Gasteiger partial charge in [0.25, 0.3) is 5.69 Å². The predicted octanol–water partition coefficient (Wildman–Crippen LogP) is 5.13. The summed E-state index contributed by atoms with van der Waals surface area (Å²) in [7, 11) is 1.39. The highest BCUT2D eigenvalue weighted by Crippen LogP contribution is 2.33. The van der Waals surface area contributed by atoms with Crippen molar-refractivity contribution in [2.75, 3.05) is 24.3 Å². The molecule has 0 radical (unpaired) electrons. The van der Waals surface area contributed by atoms with Gasteiger partial charge in [0.1, 0.15) is 23.0 Å². The van der Waals surface area contributed by atoms with E-state index in [-0.39, 0.29) is 28.8 Å². The number of rotatable bonds is 8. The Morgan fingerprint density at radius 3 is 2.53 bits per heavy atom. The first-order chi connectivity index (χ1) is 15.2. The Bertz CT molecular complexity index is 1120. The van der Waals surface area contributed by atoms with Gasteiger partial charge >= 0.3 is 6.36 Å². The van der Waals surface area contributed by atoms with Crippen molar-refractivity contribution >= 4 is 23.1 Å². The molecular formula is C20H18F3N5O4. The number of halogens is 3. The van der Waals surface area contributed by atoms with Crippen LogP contribution < -0.4 is 20.1 Å². The van der Waals surface area contributed by atoms with Crippen LogP contribution in [0.15, 0.2) is 48.5 Å². The van der Waals surface area contributed by atoms with Crippen LogP contribution in [-0.4, -0.2) is 34.9 Å². The van der Waals surface area contributed by atoms with E-state index in [0.717, 1.165) is 0 Å². The molecule has 0 saturated heterocycles. The smallest absolute Gasteiger partial charge is 0.496 e.